The molecule has 0 atom stereocenters. The first-order valence-corrected chi connectivity index (χ1v) is 31.3. The summed E-state index contributed by atoms with van der Waals surface area (Å²) in [7, 11) is 0. The van der Waals surface area contributed by atoms with E-state index in [0.29, 0.717) is 0 Å². The van der Waals surface area contributed by atoms with Gasteiger partial charge in [-0.05, 0) is 164 Å². The summed E-state index contributed by atoms with van der Waals surface area (Å²) in [6, 6.07) is 45.2. The van der Waals surface area contributed by atoms with Crippen molar-refractivity contribution in [1.82, 2.24) is 0 Å². The van der Waals surface area contributed by atoms with Gasteiger partial charge in [0.05, 0.1) is 19.8 Å². The molecule has 0 N–H and O–H groups in total. The molecule has 0 bridgehead atoms. The van der Waals surface area contributed by atoms with Crippen LogP contribution in [0.3, 0.4) is 0 Å². The molecule has 84 heavy (non-hydrogen) atoms. The smallest absolute Gasteiger partial charge is 0.387 e. The van der Waals surface area contributed by atoms with Gasteiger partial charge in [-0.2, -0.15) is 26.3 Å². The lowest BCUT2D eigenvalue weighted by molar-refractivity contribution is -0.0505. The Kier molecular flexibility index (Phi) is 37.7. The molecule has 0 aliphatic heterocycles. The van der Waals surface area contributed by atoms with Crippen LogP contribution in [0.2, 0.25) is 0 Å². The maximum absolute atomic E-state index is 12.2. The zero-order valence-corrected chi connectivity index (χ0v) is 50.5. The highest BCUT2D eigenvalue weighted by Gasteiger charge is 2.08. The Hall–Kier alpha value is -6.30. The van der Waals surface area contributed by atoms with Crippen LogP contribution in [0.4, 0.5) is 26.3 Å². The van der Waals surface area contributed by atoms with Gasteiger partial charge in [0, 0.05) is 0 Å². The molecule has 0 aromatic heterocycles. The lowest BCUT2D eigenvalue weighted by atomic mass is 10.0. The van der Waals surface area contributed by atoms with Crippen molar-refractivity contribution in [3.05, 3.63) is 179 Å². The Balaban J connectivity index is 0.000000270. The fourth-order valence-corrected chi connectivity index (χ4v) is 9.38. The zero-order chi connectivity index (χ0) is 60.1. The maximum atomic E-state index is 12.2. The Labute approximate surface area is 500 Å². The van der Waals surface area contributed by atoms with Crippen LogP contribution < -0.4 is 28.4 Å². The lowest BCUT2D eigenvalue weighted by Gasteiger charge is -2.08. The first kappa shape index (κ1) is 70.2. The van der Waals surface area contributed by atoms with E-state index in [2.05, 4.69) is 71.4 Å². The van der Waals surface area contributed by atoms with Crippen molar-refractivity contribution in [2.45, 2.75) is 214 Å². The summed E-state index contributed by atoms with van der Waals surface area (Å²) >= 11 is 0. The molecule has 0 aliphatic carbocycles. The molecule has 0 radical (unpaired) electrons. The zero-order valence-electron chi connectivity index (χ0n) is 50.5. The van der Waals surface area contributed by atoms with Crippen LogP contribution in [-0.4, -0.2) is 39.7 Å². The average molecular weight is 1170 g/mol. The number of hydrogen-bond donors (Lipinski definition) is 0. The highest BCUT2D eigenvalue weighted by molar-refractivity contribution is 5.33. The van der Waals surface area contributed by atoms with Crippen molar-refractivity contribution in [3.8, 4) is 34.5 Å². The molecule has 6 aromatic rings. The molecule has 0 heterocycles. The van der Waals surface area contributed by atoms with Crippen LogP contribution in [0.15, 0.2) is 146 Å². The average Bonchev–Trinajstić information content (AvgIpc) is 3.61. The molecule has 0 unspecified atom stereocenters. The standard InChI is InChI=1S/C25H34F2O2.C24H32F2O2.C23H30F2O2/c1-2-3-4-5-6-7-8-9-20-28-23-16-12-21(13-17-23)10-11-22-14-18-24(19-15-22)29-25(26)27;1-2-3-4-5-6-7-8-19-27-22-15-11-20(12-16-22)9-10-21-13-17-23(18-14-21)28-24(25)26;1-2-3-4-5-6-7-18-26-21-14-10-19(11-15-21)8-9-20-12-16-22(17-13-20)27-23(24)25/h12-19,25H,2-11,20H2,1H3;11-18,24H,2-10,19H2,1H3;10-17,23H,2-9,18H2,1H3. The van der Waals surface area contributed by atoms with Gasteiger partial charge >= 0.3 is 19.8 Å². The van der Waals surface area contributed by atoms with E-state index in [1.807, 2.05) is 72.8 Å². The molecule has 6 nitrogen and oxygen atoms in total. The van der Waals surface area contributed by atoms with E-state index < -0.39 is 19.8 Å². The van der Waals surface area contributed by atoms with Gasteiger partial charge in [0.2, 0.25) is 0 Å². The SMILES string of the molecule is CCCCCCCCCCOc1ccc(CCc2ccc(OC(F)F)cc2)cc1.CCCCCCCCCOc1ccc(CCc2ccc(OC(F)F)cc2)cc1.CCCCCCCCOc1ccc(CCc2ccc(OC(F)F)cc2)cc1. The molecule has 12 heteroatoms. The normalized spacial score (nSPS) is 11.0. The molecule has 0 spiro atoms. The van der Waals surface area contributed by atoms with Gasteiger partial charge in [-0.3, -0.25) is 0 Å². The highest BCUT2D eigenvalue weighted by Crippen LogP contribution is 2.23. The Morgan fingerprint density at radius 2 is 0.393 bits per heavy atom. The summed E-state index contributed by atoms with van der Waals surface area (Å²) in [5.41, 5.74) is 6.99. The van der Waals surface area contributed by atoms with Crippen molar-refractivity contribution < 1.29 is 54.8 Å². The number of ether oxygens (including phenoxy) is 6. The van der Waals surface area contributed by atoms with Gasteiger partial charge in [0.15, 0.2) is 0 Å². The van der Waals surface area contributed by atoms with Crippen molar-refractivity contribution in [2.75, 3.05) is 19.8 Å². The molecule has 0 amide bonds. The summed E-state index contributed by atoms with van der Waals surface area (Å²) in [6.45, 7) is 0.713. The van der Waals surface area contributed by atoms with Gasteiger partial charge in [0.25, 0.3) is 0 Å². The van der Waals surface area contributed by atoms with Gasteiger partial charge < -0.3 is 28.4 Å². The van der Waals surface area contributed by atoms with Gasteiger partial charge in [-0.25, -0.2) is 0 Å². The van der Waals surface area contributed by atoms with Crippen molar-refractivity contribution in [3.63, 3.8) is 0 Å². The Morgan fingerprint density at radius 1 is 0.226 bits per heavy atom. The molecular formula is C72H96F6O6. The predicted octanol–water partition coefficient (Wildman–Crippen LogP) is 21.6. The molecule has 462 valence electrons. The minimum absolute atomic E-state index is 0.195. The third-order valence-corrected chi connectivity index (χ3v) is 14.4. The van der Waals surface area contributed by atoms with E-state index in [4.69, 9.17) is 14.2 Å². The van der Waals surface area contributed by atoms with E-state index in [0.717, 1.165) is 112 Å². The van der Waals surface area contributed by atoms with Crippen LogP contribution in [0, 0.1) is 0 Å². The molecule has 6 aromatic carbocycles. The van der Waals surface area contributed by atoms with Crippen LogP contribution in [0.1, 0.15) is 189 Å². The number of rotatable bonds is 42. The summed E-state index contributed by atoms with van der Waals surface area (Å²) < 4.78 is 104. The molecule has 0 saturated heterocycles. The highest BCUT2D eigenvalue weighted by atomic mass is 19.3. The van der Waals surface area contributed by atoms with Crippen molar-refractivity contribution >= 4 is 0 Å². The van der Waals surface area contributed by atoms with E-state index in [1.165, 1.54) is 132 Å². The number of alkyl halides is 6. The number of hydrogen-bond acceptors (Lipinski definition) is 6. The molecule has 6 rings (SSSR count). The maximum Gasteiger partial charge on any atom is 0.387 e. The first-order chi connectivity index (χ1) is 41.0. The molecule has 0 saturated carbocycles. The predicted molar refractivity (Wildman–Crippen MR) is 331 cm³/mol. The fourth-order valence-electron chi connectivity index (χ4n) is 9.38. The lowest BCUT2D eigenvalue weighted by Crippen LogP contribution is -2.01. The second-order valence-corrected chi connectivity index (χ2v) is 21.4. The van der Waals surface area contributed by atoms with Crippen LogP contribution in [0.25, 0.3) is 0 Å². The third kappa shape index (κ3) is 34.5. The van der Waals surface area contributed by atoms with Crippen molar-refractivity contribution in [2.24, 2.45) is 0 Å². The van der Waals surface area contributed by atoms with E-state index in [-0.39, 0.29) is 17.2 Å². The van der Waals surface area contributed by atoms with Gasteiger partial charge in [0.1, 0.15) is 34.5 Å². The second-order valence-electron chi connectivity index (χ2n) is 21.4. The summed E-state index contributed by atoms with van der Waals surface area (Å²) in [4.78, 5) is 0. The minimum Gasteiger partial charge on any atom is -0.494 e. The summed E-state index contributed by atoms with van der Waals surface area (Å²) in [5, 5.41) is 0. The molecule has 0 fully saturated rings. The van der Waals surface area contributed by atoms with Crippen molar-refractivity contribution in [1.29, 1.82) is 0 Å². The van der Waals surface area contributed by atoms with Gasteiger partial charge in [-0.15, -0.1) is 0 Å². The monoisotopic (exact) mass is 1170 g/mol. The third-order valence-electron chi connectivity index (χ3n) is 14.4. The molecule has 0 aliphatic rings. The second kappa shape index (κ2) is 45.1. The van der Waals surface area contributed by atoms with E-state index >= 15 is 0 Å². The Morgan fingerprint density at radius 3 is 0.571 bits per heavy atom. The minimum atomic E-state index is -2.78. The largest absolute Gasteiger partial charge is 0.494 e. The fraction of sp³-hybridized carbons (Fsp3) is 0.500. The summed E-state index contributed by atoms with van der Waals surface area (Å²) in [6.07, 6.45) is 32.2. The summed E-state index contributed by atoms with van der Waals surface area (Å²) in [5.74, 6) is 3.35. The van der Waals surface area contributed by atoms with Crippen LogP contribution >= 0.6 is 0 Å². The Bertz CT molecular complexity index is 2470. The van der Waals surface area contributed by atoms with Gasteiger partial charge in [-0.1, -0.05) is 209 Å². The number of unbranched alkanes of at least 4 members (excludes halogenated alkanes) is 18. The van der Waals surface area contributed by atoms with E-state index in [1.54, 1.807) is 36.4 Å². The number of halogens is 6. The van der Waals surface area contributed by atoms with E-state index in [9.17, 15) is 26.3 Å². The molecular weight excluding hydrogens is 1070 g/mol. The first-order valence-electron chi connectivity index (χ1n) is 31.3. The van der Waals surface area contributed by atoms with Crippen LogP contribution in [-0.2, 0) is 38.5 Å². The quantitative estimate of drug-likeness (QED) is 0.0281. The topological polar surface area (TPSA) is 55.4 Å². The number of aryl methyl sites for hydroxylation is 6. The number of benzene rings is 6. The van der Waals surface area contributed by atoms with Crippen LogP contribution in [0.5, 0.6) is 34.5 Å².